The number of likely N-dealkylation sites (tertiary alicyclic amines) is 1. The highest BCUT2D eigenvalue weighted by atomic mass is 16.6. The van der Waals surface area contributed by atoms with Gasteiger partial charge in [-0.15, -0.1) is 0 Å². The van der Waals surface area contributed by atoms with Crippen molar-refractivity contribution in [2.75, 3.05) is 51.3 Å². The van der Waals surface area contributed by atoms with Gasteiger partial charge in [0.15, 0.2) is 5.75 Å². The van der Waals surface area contributed by atoms with E-state index in [4.69, 9.17) is 4.74 Å². The second kappa shape index (κ2) is 10.1. The number of aryl methyl sites for hydroxylation is 1. The van der Waals surface area contributed by atoms with Gasteiger partial charge >= 0.3 is 5.69 Å². The van der Waals surface area contributed by atoms with Gasteiger partial charge in [0.05, 0.1) is 18.0 Å². The molecule has 2 aromatic carbocycles. The number of nitro groups is 1. The normalized spacial score (nSPS) is 18.5. The molecule has 2 amide bonds. The van der Waals surface area contributed by atoms with Crippen molar-refractivity contribution in [3.63, 3.8) is 0 Å². The van der Waals surface area contributed by atoms with Crippen LogP contribution in [0.25, 0.3) is 0 Å². The first-order valence-corrected chi connectivity index (χ1v) is 11.6. The second-order valence-electron chi connectivity index (χ2n) is 8.85. The first-order valence-electron chi connectivity index (χ1n) is 11.6. The van der Waals surface area contributed by atoms with E-state index in [0.717, 1.165) is 18.8 Å². The monoisotopic (exact) mass is 466 g/mol. The van der Waals surface area contributed by atoms with Crippen LogP contribution in [0.5, 0.6) is 5.75 Å². The molecular formula is C25H30N4O5. The number of benzene rings is 2. The molecule has 4 rings (SSSR count). The zero-order valence-electron chi connectivity index (χ0n) is 19.6. The lowest BCUT2D eigenvalue weighted by Crippen LogP contribution is -2.53. The van der Waals surface area contributed by atoms with Crippen molar-refractivity contribution >= 4 is 23.2 Å². The summed E-state index contributed by atoms with van der Waals surface area (Å²) < 4.78 is 5.09. The van der Waals surface area contributed by atoms with Crippen molar-refractivity contribution in [3.05, 3.63) is 63.7 Å². The smallest absolute Gasteiger partial charge is 0.323 e. The maximum atomic E-state index is 13.3. The Morgan fingerprint density at radius 3 is 2.35 bits per heavy atom. The Labute approximate surface area is 199 Å². The SMILES string of the molecule is COc1cccc(C(=O)N2CCCC(C(=O)N3CCN(c4ccc(C)cc4)CC3)C2)c1[N+](=O)[O-]. The number of piperidine rings is 1. The van der Waals surface area contributed by atoms with Crippen LogP contribution in [0.3, 0.4) is 0 Å². The number of hydrogen-bond acceptors (Lipinski definition) is 6. The van der Waals surface area contributed by atoms with Crippen molar-refractivity contribution in [2.45, 2.75) is 19.8 Å². The first kappa shape index (κ1) is 23.5. The molecule has 180 valence electrons. The molecule has 0 radical (unpaired) electrons. The Morgan fingerprint density at radius 1 is 1.00 bits per heavy atom. The van der Waals surface area contributed by atoms with E-state index in [1.807, 2.05) is 4.90 Å². The third kappa shape index (κ3) is 4.83. The summed E-state index contributed by atoms with van der Waals surface area (Å²) in [7, 11) is 1.34. The van der Waals surface area contributed by atoms with Gasteiger partial charge in [0.1, 0.15) is 5.56 Å². The molecule has 0 bridgehead atoms. The molecule has 0 saturated carbocycles. The Kier molecular flexibility index (Phi) is 7.00. The highest BCUT2D eigenvalue weighted by Gasteiger charge is 2.35. The molecule has 0 N–H and O–H groups in total. The van der Waals surface area contributed by atoms with Gasteiger partial charge in [-0.25, -0.2) is 0 Å². The molecule has 2 saturated heterocycles. The van der Waals surface area contributed by atoms with Crippen LogP contribution >= 0.6 is 0 Å². The molecule has 9 nitrogen and oxygen atoms in total. The summed E-state index contributed by atoms with van der Waals surface area (Å²) in [5.74, 6) is -0.631. The maximum Gasteiger partial charge on any atom is 0.323 e. The summed E-state index contributed by atoms with van der Waals surface area (Å²) in [6.07, 6.45) is 1.39. The van der Waals surface area contributed by atoms with E-state index in [1.54, 1.807) is 11.0 Å². The number of carbonyl (C=O) groups is 2. The number of carbonyl (C=O) groups excluding carboxylic acids is 2. The van der Waals surface area contributed by atoms with E-state index in [1.165, 1.54) is 24.8 Å². The first-order chi connectivity index (χ1) is 16.4. The molecule has 2 aliphatic heterocycles. The minimum absolute atomic E-state index is 0.0100. The minimum atomic E-state index is -0.591. The maximum absolute atomic E-state index is 13.3. The lowest BCUT2D eigenvalue weighted by Gasteiger charge is -2.39. The van der Waals surface area contributed by atoms with Crippen LogP contribution in [0.4, 0.5) is 11.4 Å². The lowest BCUT2D eigenvalue weighted by atomic mass is 9.95. The van der Waals surface area contributed by atoms with E-state index in [9.17, 15) is 19.7 Å². The number of anilines is 1. The van der Waals surface area contributed by atoms with Gasteiger partial charge in [0, 0.05) is 45.0 Å². The molecular weight excluding hydrogens is 436 g/mol. The summed E-state index contributed by atoms with van der Waals surface area (Å²) in [6.45, 7) is 5.60. The van der Waals surface area contributed by atoms with Gasteiger partial charge in [0.2, 0.25) is 5.91 Å². The highest BCUT2D eigenvalue weighted by molar-refractivity contribution is 5.99. The van der Waals surface area contributed by atoms with Crippen molar-refractivity contribution in [1.82, 2.24) is 9.80 Å². The van der Waals surface area contributed by atoms with Gasteiger partial charge in [-0.1, -0.05) is 23.8 Å². The fraction of sp³-hybridized carbons (Fsp3) is 0.440. The topological polar surface area (TPSA) is 96.2 Å². The zero-order valence-corrected chi connectivity index (χ0v) is 19.6. The van der Waals surface area contributed by atoms with E-state index >= 15 is 0 Å². The van der Waals surface area contributed by atoms with Crippen LogP contribution in [0, 0.1) is 23.0 Å². The number of nitrogens with zero attached hydrogens (tertiary/aromatic N) is 4. The van der Waals surface area contributed by atoms with Crippen molar-refractivity contribution in [3.8, 4) is 5.75 Å². The van der Waals surface area contributed by atoms with E-state index < -0.39 is 10.8 Å². The Balaban J connectivity index is 1.40. The molecule has 0 aromatic heterocycles. The van der Waals surface area contributed by atoms with Crippen molar-refractivity contribution in [2.24, 2.45) is 5.92 Å². The number of para-hydroxylation sites is 1. The van der Waals surface area contributed by atoms with E-state index in [2.05, 4.69) is 36.1 Å². The number of hydrogen-bond donors (Lipinski definition) is 0. The zero-order chi connectivity index (χ0) is 24.2. The van der Waals surface area contributed by atoms with Crippen molar-refractivity contribution < 1.29 is 19.2 Å². The molecule has 2 heterocycles. The Hall–Kier alpha value is -3.62. The quantitative estimate of drug-likeness (QED) is 0.496. The van der Waals surface area contributed by atoms with Gasteiger partial charge in [-0.2, -0.15) is 0 Å². The van der Waals surface area contributed by atoms with Gasteiger partial charge in [0.25, 0.3) is 5.91 Å². The molecule has 34 heavy (non-hydrogen) atoms. The number of rotatable bonds is 5. The van der Waals surface area contributed by atoms with Crippen LogP contribution in [0.15, 0.2) is 42.5 Å². The third-order valence-corrected chi connectivity index (χ3v) is 6.68. The Morgan fingerprint density at radius 2 is 1.71 bits per heavy atom. The van der Waals surface area contributed by atoms with Crippen molar-refractivity contribution in [1.29, 1.82) is 0 Å². The molecule has 9 heteroatoms. The summed E-state index contributed by atoms with van der Waals surface area (Å²) >= 11 is 0. The molecule has 2 aliphatic rings. The average molecular weight is 467 g/mol. The van der Waals surface area contributed by atoms with Crippen LogP contribution < -0.4 is 9.64 Å². The number of ether oxygens (including phenoxy) is 1. The molecule has 0 spiro atoms. The minimum Gasteiger partial charge on any atom is -0.490 e. The van der Waals surface area contributed by atoms with Crippen LogP contribution in [-0.2, 0) is 4.79 Å². The number of piperazine rings is 1. The summed E-state index contributed by atoms with van der Waals surface area (Å²) in [5, 5.41) is 11.6. The predicted octanol–water partition coefficient (Wildman–Crippen LogP) is 3.11. The van der Waals surface area contributed by atoms with E-state index in [0.29, 0.717) is 32.5 Å². The summed E-state index contributed by atoms with van der Waals surface area (Å²) in [6, 6.07) is 12.9. The second-order valence-corrected chi connectivity index (χ2v) is 8.85. The third-order valence-electron chi connectivity index (χ3n) is 6.68. The fourth-order valence-corrected chi connectivity index (χ4v) is 4.78. The average Bonchev–Trinajstić information content (AvgIpc) is 2.88. The van der Waals surface area contributed by atoms with E-state index in [-0.39, 0.29) is 35.4 Å². The number of methoxy groups -OCH3 is 1. The summed E-state index contributed by atoms with van der Waals surface area (Å²) in [5.41, 5.74) is 2.03. The highest BCUT2D eigenvalue weighted by Crippen LogP contribution is 2.32. The Bertz CT molecular complexity index is 1060. The molecule has 2 aromatic rings. The van der Waals surface area contributed by atoms with Crippen LogP contribution in [-0.4, -0.2) is 72.9 Å². The molecule has 2 fully saturated rings. The fourth-order valence-electron chi connectivity index (χ4n) is 4.78. The van der Waals surface area contributed by atoms with Gasteiger partial charge < -0.3 is 19.4 Å². The number of nitro benzene ring substituents is 1. The van der Waals surface area contributed by atoms with Gasteiger partial charge in [-0.05, 0) is 44.0 Å². The van der Waals surface area contributed by atoms with Crippen LogP contribution in [0.1, 0.15) is 28.8 Å². The largest absolute Gasteiger partial charge is 0.490 e. The molecule has 0 aliphatic carbocycles. The summed E-state index contributed by atoms with van der Waals surface area (Å²) in [4.78, 5) is 43.2. The molecule has 1 unspecified atom stereocenters. The number of amides is 2. The van der Waals surface area contributed by atoms with Gasteiger partial charge in [-0.3, -0.25) is 19.7 Å². The molecule has 1 atom stereocenters. The standard InChI is InChI=1S/C25H30N4O5/c1-18-8-10-20(11-9-18)26-13-15-27(16-14-26)24(30)19-5-4-12-28(17-19)25(31)21-6-3-7-22(34-2)23(21)29(32)33/h3,6-11,19H,4-5,12-17H2,1-2H3. The predicted molar refractivity (Wildman–Crippen MR) is 128 cm³/mol. The lowest BCUT2D eigenvalue weighted by molar-refractivity contribution is -0.386. The van der Waals surface area contributed by atoms with Crippen LogP contribution in [0.2, 0.25) is 0 Å².